The Hall–Kier alpha value is -1.85. The van der Waals surface area contributed by atoms with Crippen LogP contribution in [0.4, 0.5) is 10.8 Å². The highest BCUT2D eigenvalue weighted by Crippen LogP contribution is 2.35. The number of fused-ring (bicyclic) bond motifs is 1. The van der Waals surface area contributed by atoms with Gasteiger partial charge in [-0.15, -0.1) is 10.2 Å². The van der Waals surface area contributed by atoms with Gasteiger partial charge in [-0.3, -0.25) is 14.4 Å². The van der Waals surface area contributed by atoms with Crippen LogP contribution in [0.5, 0.6) is 5.75 Å². The summed E-state index contributed by atoms with van der Waals surface area (Å²) >= 11 is 2.83. The lowest BCUT2D eigenvalue weighted by atomic mass is 10.2. The van der Waals surface area contributed by atoms with E-state index in [2.05, 4.69) is 15.5 Å². The molecule has 0 bridgehead atoms. The normalized spacial score (nSPS) is 16.7. The molecule has 3 rings (SSSR count). The lowest BCUT2D eigenvalue weighted by molar-refractivity contribution is -0.122. The first kappa shape index (κ1) is 19.9. The molecule has 0 fully saturated rings. The first-order chi connectivity index (χ1) is 12.8. The van der Waals surface area contributed by atoms with E-state index in [1.807, 2.05) is 13.8 Å². The average Bonchev–Trinajstić information content (AvgIpc) is 3.06. The maximum absolute atomic E-state index is 12.6. The Balaban J connectivity index is 1.79. The van der Waals surface area contributed by atoms with Crippen molar-refractivity contribution in [3.63, 3.8) is 0 Å². The number of ether oxygens (including phenoxy) is 1. The van der Waals surface area contributed by atoms with E-state index < -0.39 is 22.0 Å². The number of aromatic nitrogens is 2. The predicted octanol–water partition coefficient (Wildman–Crippen LogP) is 2.59. The Labute approximate surface area is 166 Å². The van der Waals surface area contributed by atoms with Crippen LogP contribution < -0.4 is 14.4 Å². The van der Waals surface area contributed by atoms with E-state index in [0.717, 1.165) is 4.34 Å². The number of thioether (sulfide) groups is 1. The van der Waals surface area contributed by atoms with Crippen LogP contribution in [0.2, 0.25) is 0 Å². The Morgan fingerprint density at radius 3 is 2.85 bits per heavy atom. The molecule has 1 unspecified atom stereocenters. The summed E-state index contributed by atoms with van der Waals surface area (Å²) in [6.07, 6.45) is -0.980. The number of hydrogen-bond acceptors (Lipinski definition) is 8. The fourth-order valence-electron chi connectivity index (χ4n) is 2.45. The molecule has 11 heteroatoms. The van der Waals surface area contributed by atoms with Crippen molar-refractivity contribution in [2.45, 2.75) is 36.5 Å². The Morgan fingerprint density at radius 2 is 2.15 bits per heavy atom. The third-order valence-electron chi connectivity index (χ3n) is 3.70. The second kappa shape index (κ2) is 8.03. The van der Waals surface area contributed by atoms with Crippen LogP contribution in [0.3, 0.4) is 0 Å². The van der Waals surface area contributed by atoms with E-state index in [0.29, 0.717) is 21.8 Å². The maximum atomic E-state index is 12.6. The van der Waals surface area contributed by atoms with Crippen molar-refractivity contribution in [3.05, 3.63) is 24.3 Å². The third-order valence-corrected chi connectivity index (χ3v) is 7.37. The molecule has 1 aliphatic rings. The van der Waals surface area contributed by atoms with Gasteiger partial charge in [-0.2, -0.15) is 0 Å². The summed E-state index contributed by atoms with van der Waals surface area (Å²) in [5.41, 5.74) is 0.440. The van der Waals surface area contributed by atoms with Gasteiger partial charge in [-0.05, 0) is 19.1 Å². The number of carbonyl (C=O) groups is 1. The molecule has 0 radical (unpaired) electrons. The Kier molecular flexibility index (Phi) is 5.92. The van der Waals surface area contributed by atoms with Crippen molar-refractivity contribution in [2.24, 2.45) is 0 Å². The van der Waals surface area contributed by atoms with E-state index in [9.17, 15) is 13.2 Å². The summed E-state index contributed by atoms with van der Waals surface area (Å²) in [5.74, 6) is -0.172. The molecule has 1 amide bonds. The molecule has 2 aromatic rings. The van der Waals surface area contributed by atoms with Gasteiger partial charge in [-0.25, -0.2) is 8.42 Å². The van der Waals surface area contributed by atoms with Crippen LogP contribution in [-0.2, 0) is 14.8 Å². The summed E-state index contributed by atoms with van der Waals surface area (Å²) in [4.78, 5) is 12.6. The van der Waals surface area contributed by atoms with Crippen molar-refractivity contribution >= 4 is 49.8 Å². The predicted molar refractivity (Wildman–Crippen MR) is 107 cm³/mol. The number of carbonyl (C=O) groups excluding carboxylic acids is 1. The molecule has 1 aromatic carbocycles. The summed E-state index contributed by atoms with van der Waals surface area (Å²) in [6, 6.07) is 6.78. The highest BCUT2D eigenvalue weighted by atomic mass is 32.2. The van der Waals surface area contributed by atoms with Crippen molar-refractivity contribution in [3.8, 4) is 5.75 Å². The minimum atomic E-state index is -3.54. The number of amides is 1. The summed E-state index contributed by atoms with van der Waals surface area (Å²) in [7, 11) is -3.54. The van der Waals surface area contributed by atoms with Crippen LogP contribution in [0.15, 0.2) is 28.6 Å². The molecule has 1 aliphatic heterocycles. The number of nitrogens with zero attached hydrogens (tertiary/aromatic N) is 3. The van der Waals surface area contributed by atoms with Crippen molar-refractivity contribution in [1.29, 1.82) is 0 Å². The number of hydrogen-bond donors (Lipinski definition) is 1. The van der Waals surface area contributed by atoms with Gasteiger partial charge in [-0.1, -0.05) is 49.1 Å². The molecule has 1 aromatic heterocycles. The fraction of sp³-hybridized carbons (Fsp3) is 0.438. The molecule has 0 saturated carbocycles. The molecule has 0 aliphatic carbocycles. The van der Waals surface area contributed by atoms with Gasteiger partial charge in [0.25, 0.3) is 5.91 Å². The van der Waals surface area contributed by atoms with Crippen LogP contribution in [-0.4, -0.2) is 48.2 Å². The van der Waals surface area contributed by atoms with E-state index in [4.69, 9.17) is 4.74 Å². The Morgan fingerprint density at radius 1 is 1.41 bits per heavy atom. The molecule has 8 nitrogen and oxygen atoms in total. The summed E-state index contributed by atoms with van der Waals surface area (Å²) in [5, 5.41) is 11.4. The number of nitrogens with one attached hydrogen (secondary N) is 1. The third kappa shape index (κ3) is 4.53. The fourth-order valence-corrected chi connectivity index (χ4v) is 5.56. The lowest BCUT2D eigenvalue weighted by Gasteiger charge is -2.34. The lowest BCUT2D eigenvalue weighted by Crippen LogP contribution is -2.49. The molecule has 0 saturated heterocycles. The zero-order valence-corrected chi connectivity index (χ0v) is 17.5. The number of benzene rings is 1. The monoisotopic (exact) mass is 428 g/mol. The van der Waals surface area contributed by atoms with Crippen LogP contribution in [0.1, 0.15) is 20.8 Å². The van der Waals surface area contributed by atoms with Crippen LogP contribution in [0, 0.1) is 0 Å². The van der Waals surface area contributed by atoms with Gasteiger partial charge in [0, 0.05) is 5.25 Å². The van der Waals surface area contributed by atoms with E-state index in [-0.39, 0.29) is 12.3 Å². The van der Waals surface area contributed by atoms with Gasteiger partial charge in [0.2, 0.25) is 15.2 Å². The van der Waals surface area contributed by atoms with Gasteiger partial charge in [0.05, 0.1) is 18.0 Å². The van der Waals surface area contributed by atoms with Gasteiger partial charge in [0.1, 0.15) is 5.75 Å². The zero-order chi connectivity index (χ0) is 19.6. The molecule has 0 spiro atoms. The van der Waals surface area contributed by atoms with E-state index in [1.165, 1.54) is 15.6 Å². The van der Waals surface area contributed by atoms with Crippen molar-refractivity contribution in [1.82, 2.24) is 10.2 Å². The molecular weight excluding hydrogens is 408 g/mol. The minimum absolute atomic E-state index is 0.0676. The zero-order valence-electron chi connectivity index (χ0n) is 15.1. The average molecular weight is 429 g/mol. The number of para-hydroxylation sites is 2. The van der Waals surface area contributed by atoms with Gasteiger partial charge < -0.3 is 4.74 Å². The molecule has 2 heterocycles. The standard InChI is InChI=1S/C16H20N4O4S3/c1-4-27(22,23)20-9-13(24-12-8-6-5-7-11(12)20)14(21)17-15-18-19-16(26-15)25-10(2)3/h5-8,10,13H,4,9H2,1-3H3,(H,17,18,21). The molecule has 146 valence electrons. The van der Waals surface area contributed by atoms with Crippen LogP contribution >= 0.6 is 23.1 Å². The van der Waals surface area contributed by atoms with E-state index in [1.54, 1.807) is 43.0 Å². The number of rotatable bonds is 6. The molecule has 1 atom stereocenters. The molecule has 27 heavy (non-hydrogen) atoms. The first-order valence-corrected chi connectivity index (χ1v) is 11.7. The van der Waals surface area contributed by atoms with E-state index >= 15 is 0 Å². The SMILES string of the molecule is CCS(=O)(=O)N1CC(C(=O)Nc2nnc(SC(C)C)s2)Oc2ccccc21. The minimum Gasteiger partial charge on any atom is -0.476 e. The van der Waals surface area contributed by atoms with Crippen molar-refractivity contribution < 1.29 is 17.9 Å². The van der Waals surface area contributed by atoms with Crippen LogP contribution in [0.25, 0.3) is 0 Å². The Bertz CT molecular complexity index is 929. The largest absolute Gasteiger partial charge is 0.476 e. The molecule has 1 N–H and O–H groups in total. The van der Waals surface area contributed by atoms with Gasteiger partial charge in [0.15, 0.2) is 10.4 Å². The van der Waals surface area contributed by atoms with Crippen molar-refractivity contribution in [2.75, 3.05) is 21.9 Å². The topological polar surface area (TPSA) is 101 Å². The number of sulfonamides is 1. The molecular formula is C16H20N4O4S3. The second-order valence-corrected chi connectivity index (χ2v) is 11.0. The summed E-state index contributed by atoms with van der Waals surface area (Å²) in [6.45, 7) is 5.56. The smallest absolute Gasteiger partial charge is 0.269 e. The highest BCUT2D eigenvalue weighted by molar-refractivity contribution is 8.01. The second-order valence-electron chi connectivity index (χ2n) is 6.03. The summed E-state index contributed by atoms with van der Waals surface area (Å²) < 4.78 is 32.7. The number of anilines is 2. The first-order valence-electron chi connectivity index (χ1n) is 8.37. The van der Waals surface area contributed by atoms with Gasteiger partial charge >= 0.3 is 0 Å². The highest BCUT2D eigenvalue weighted by Gasteiger charge is 2.36. The quantitative estimate of drug-likeness (QED) is 0.557. The maximum Gasteiger partial charge on any atom is 0.269 e.